The number of carbonyl (C=O) groups is 1. The first kappa shape index (κ1) is 17.4. The maximum Gasteiger partial charge on any atom is 0.341 e. The van der Waals surface area contributed by atoms with Gasteiger partial charge in [-0.3, -0.25) is 4.68 Å². The van der Waals surface area contributed by atoms with Crippen LogP contribution < -0.4 is 0 Å². The summed E-state index contributed by atoms with van der Waals surface area (Å²) in [6.07, 6.45) is 4.32. The van der Waals surface area contributed by atoms with Crippen molar-refractivity contribution < 1.29 is 14.6 Å². The Kier molecular flexibility index (Phi) is 4.27. The van der Waals surface area contributed by atoms with Crippen LogP contribution in [0.3, 0.4) is 0 Å². The summed E-state index contributed by atoms with van der Waals surface area (Å²) in [5.74, 6) is -0.104. The number of hydrogen-bond donors (Lipinski definition) is 1. The quantitative estimate of drug-likeness (QED) is 0.692. The number of aliphatic hydroxyl groups is 1. The summed E-state index contributed by atoms with van der Waals surface area (Å²) in [7, 11) is 3.20. The van der Waals surface area contributed by atoms with E-state index in [-0.39, 0.29) is 18.4 Å². The summed E-state index contributed by atoms with van der Waals surface area (Å²) in [5.41, 5.74) is 4.82. The number of ether oxygens (including phenoxy) is 1. The minimum absolute atomic E-state index is 0.0498. The molecule has 1 aliphatic carbocycles. The summed E-state index contributed by atoms with van der Waals surface area (Å²) in [6, 6.07) is 5.77. The predicted octanol–water partition coefficient (Wildman–Crippen LogP) is 1.86. The summed E-state index contributed by atoms with van der Waals surface area (Å²) < 4.78 is 8.40. The SMILES string of the molecule is COC(=O)c1cnn(-c2ccc(C)c(CO)c2)c1C1CC1c1cn(C)nn1. The van der Waals surface area contributed by atoms with Gasteiger partial charge in [0.1, 0.15) is 5.56 Å². The minimum Gasteiger partial charge on any atom is -0.465 e. The lowest BCUT2D eigenvalue weighted by Gasteiger charge is -2.11. The Balaban J connectivity index is 1.78. The van der Waals surface area contributed by atoms with Crippen molar-refractivity contribution in [2.75, 3.05) is 7.11 Å². The van der Waals surface area contributed by atoms with Gasteiger partial charge in [0.05, 0.1) is 37.0 Å². The van der Waals surface area contributed by atoms with Gasteiger partial charge in [0, 0.05) is 25.1 Å². The number of esters is 1. The third kappa shape index (κ3) is 3.02. The van der Waals surface area contributed by atoms with E-state index in [2.05, 4.69) is 15.4 Å². The van der Waals surface area contributed by atoms with E-state index in [9.17, 15) is 9.90 Å². The molecule has 1 N–H and O–H groups in total. The van der Waals surface area contributed by atoms with Gasteiger partial charge in [-0.2, -0.15) is 5.10 Å². The number of benzene rings is 1. The summed E-state index contributed by atoms with van der Waals surface area (Å²) >= 11 is 0. The summed E-state index contributed by atoms with van der Waals surface area (Å²) in [6.45, 7) is 1.90. The molecule has 8 nitrogen and oxygen atoms in total. The smallest absolute Gasteiger partial charge is 0.341 e. The first-order chi connectivity index (χ1) is 13.0. The van der Waals surface area contributed by atoms with Crippen LogP contribution in [0.1, 0.15) is 51.1 Å². The van der Waals surface area contributed by atoms with Gasteiger partial charge in [-0.15, -0.1) is 5.10 Å². The zero-order valence-corrected chi connectivity index (χ0v) is 15.5. The Morgan fingerprint density at radius 1 is 1.37 bits per heavy atom. The average Bonchev–Trinajstić information content (AvgIpc) is 3.13. The molecule has 4 rings (SSSR count). The molecule has 1 aromatic carbocycles. The van der Waals surface area contributed by atoms with E-state index in [0.29, 0.717) is 5.56 Å². The second-order valence-electron chi connectivity index (χ2n) is 6.88. The van der Waals surface area contributed by atoms with Crippen molar-refractivity contribution in [3.63, 3.8) is 0 Å². The number of aryl methyl sites for hydroxylation is 2. The van der Waals surface area contributed by atoms with E-state index in [0.717, 1.165) is 34.6 Å². The Morgan fingerprint density at radius 3 is 2.85 bits per heavy atom. The molecule has 2 heterocycles. The molecule has 1 aliphatic rings. The van der Waals surface area contributed by atoms with Crippen molar-refractivity contribution in [2.24, 2.45) is 7.05 Å². The highest BCUT2D eigenvalue weighted by atomic mass is 16.5. The number of rotatable bonds is 5. The molecule has 0 radical (unpaired) electrons. The van der Waals surface area contributed by atoms with Gasteiger partial charge in [-0.25, -0.2) is 9.48 Å². The van der Waals surface area contributed by atoms with Crippen LogP contribution in [0.15, 0.2) is 30.6 Å². The van der Waals surface area contributed by atoms with Crippen LogP contribution in [0, 0.1) is 6.92 Å². The van der Waals surface area contributed by atoms with Gasteiger partial charge in [0.2, 0.25) is 0 Å². The highest BCUT2D eigenvalue weighted by Crippen LogP contribution is 2.55. The van der Waals surface area contributed by atoms with Crippen LogP contribution in [-0.4, -0.2) is 43.0 Å². The number of nitrogens with zero attached hydrogens (tertiary/aromatic N) is 5. The van der Waals surface area contributed by atoms with E-state index in [4.69, 9.17) is 4.74 Å². The zero-order valence-electron chi connectivity index (χ0n) is 15.5. The molecule has 8 heteroatoms. The van der Waals surface area contributed by atoms with E-state index in [1.165, 1.54) is 7.11 Å². The number of aliphatic hydroxyl groups excluding tert-OH is 1. The van der Waals surface area contributed by atoms with Gasteiger partial charge >= 0.3 is 5.97 Å². The number of hydrogen-bond acceptors (Lipinski definition) is 6. The summed E-state index contributed by atoms with van der Waals surface area (Å²) in [4.78, 5) is 12.3. The molecular weight excluding hydrogens is 346 g/mol. The van der Waals surface area contributed by atoms with Gasteiger partial charge < -0.3 is 9.84 Å². The Morgan fingerprint density at radius 2 is 2.19 bits per heavy atom. The van der Waals surface area contributed by atoms with Crippen molar-refractivity contribution in [2.45, 2.75) is 31.8 Å². The lowest BCUT2D eigenvalue weighted by Crippen LogP contribution is -2.08. The summed E-state index contributed by atoms with van der Waals surface area (Å²) in [5, 5.41) is 22.2. The molecule has 2 aromatic heterocycles. The fourth-order valence-corrected chi connectivity index (χ4v) is 3.51. The number of aromatic nitrogens is 5. The molecule has 27 heavy (non-hydrogen) atoms. The van der Waals surface area contributed by atoms with Crippen LogP contribution in [0.4, 0.5) is 0 Å². The molecule has 0 amide bonds. The average molecular weight is 367 g/mol. The standard InChI is InChI=1S/C19H21N5O3/c1-11-4-5-13(6-12(11)10-25)24-18(16(8-20-24)19(26)27-3)15-7-14(15)17-9-23(2)22-21-17/h4-6,8-9,14-15,25H,7,10H2,1-3H3. The van der Waals surface area contributed by atoms with Crippen LogP contribution in [0.25, 0.3) is 5.69 Å². The normalized spacial score (nSPS) is 18.5. The highest BCUT2D eigenvalue weighted by Gasteiger charge is 2.46. The number of methoxy groups -OCH3 is 1. The van der Waals surface area contributed by atoms with Gasteiger partial charge in [-0.05, 0) is 36.6 Å². The molecule has 0 spiro atoms. The Hall–Kier alpha value is -3.00. The van der Waals surface area contributed by atoms with Crippen molar-refractivity contribution in [1.82, 2.24) is 24.8 Å². The molecule has 140 valence electrons. The predicted molar refractivity (Wildman–Crippen MR) is 96.7 cm³/mol. The first-order valence-electron chi connectivity index (χ1n) is 8.76. The number of carbonyl (C=O) groups excluding carboxylic acids is 1. The van der Waals surface area contributed by atoms with Crippen molar-refractivity contribution in [3.8, 4) is 5.69 Å². The molecule has 2 unspecified atom stereocenters. The van der Waals surface area contributed by atoms with Gasteiger partial charge in [0.25, 0.3) is 0 Å². The minimum atomic E-state index is -0.407. The van der Waals surface area contributed by atoms with Gasteiger partial charge in [-0.1, -0.05) is 11.3 Å². The van der Waals surface area contributed by atoms with Gasteiger partial charge in [0.15, 0.2) is 0 Å². The molecule has 2 atom stereocenters. The Labute approximate surface area is 156 Å². The lowest BCUT2D eigenvalue weighted by atomic mass is 10.1. The third-order valence-electron chi connectivity index (χ3n) is 5.10. The van der Waals surface area contributed by atoms with Crippen molar-refractivity contribution in [3.05, 3.63) is 58.7 Å². The second kappa shape index (κ2) is 6.62. The van der Waals surface area contributed by atoms with E-state index < -0.39 is 5.97 Å². The molecule has 0 saturated heterocycles. The maximum atomic E-state index is 12.3. The third-order valence-corrected chi connectivity index (χ3v) is 5.10. The van der Waals surface area contributed by atoms with E-state index in [1.54, 1.807) is 15.6 Å². The first-order valence-corrected chi connectivity index (χ1v) is 8.76. The molecule has 1 fully saturated rings. The van der Waals surface area contributed by atoms with E-state index in [1.807, 2.05) is 38.4 Å². The molecular formula is C19H21N5O3. The lowest BCUT2D eigenvalue weighted by molar-refractivity contribution is 0.0599. The van der Waals surface area contributed by atoms with Crippen LogP contribution in [0.2, 0.25) is 0 Å². The largest absolute Gasteiger partial charge is 0.465 e. The zero-order chi connectivity index (χ0) is 19.1. The molecule has 3 aromatic rings. The maximum absolute atomic E-state index is 12.3. The monoisotopic (exact) mass is 367 g/mol. The van der Waals surface area contributed by atoms with Crippen LogP contribution in [0.5, 0.6) is 0 Å². The second-order valence-corrected chi connectivity index (χ2v) is 6.88. The van der Waals surface area contributed by atoms with Crippen LogP contribution >= 0.6 is 0 Å². The Bertz CT molecular complexity index is 1010. The van der Waals surface area contributed by atoms with Crippen molar-refractivity contribution in [1.29, 1.82) is 0 Å². The van der Waals surface area contributed by atoms with Crippen molar-refractivity contribution >= 4 is 5.97 Å². The topological polar surface area (TPSA) is 95.1 Å². The molecule has 0 bridgehead atoms. The van der Waals surface area contributed by atoms with Crippen LogP contribution in [-0.2, 0) is 18.4 Å². The fraction of sp³-hybridized carbons (Fsp3) is 0.368. The molecule has 1 saturated carbocycles. The fourth-order valence-electron chi connectivity index (χ4n) is 3.51. The molecule has 0 aliphatic heterocycles. The van der Waals surface area contributed by atoms with E-state index >= 15 is 0 Å². The highest BCUT2D eigenvalue weighted by molar-refractivity contribution is 5.91.